The normalized spacial score (nSPS) is 42.9. The summed E-state index contributed by atoms with van der Waals surface area (Å²) in [5, 5.41) is 10.6. The van der Waals surface area contributed by atoms with E-state index in [0.717, 1.165) is 5.75 Å². The minimum atomic E-state index is -1.29. The molecule has 3 aliphatic rings. The number of fused-ring (bicyclic) bond motifs is 2. The molecule has 0 amide bonds. The maximum Gasteiger partial charge on any atom is 0.198 e. The summed E-state index contributed by atoms with van der Waals surface area (Å²) in [6.07, 6.45) is 0.130. The Morgan fingerprint density at radius 3 is 2.91 bits per heavy atom. The predicted octanol–water partition coefficient (Wildman–Crippen LogP) is 2.52. The molecular weight excluding hydrogens is 300 g/mol. The van der Waals surface area contributed by atoms with Crippen molar-refractivity contribution in [3.8, 4) is 0 Å². The lowest BCUT2D eigenvalue weighted by atomic mass is 9.70. The van der Waals surface area contributed by atoms with Gasteiger partial charge in [0, 0.05) is 35.3 Å². The molecule has 4 rings (SSSR count). The van der Waals surface area contributed by atoms with Crippen LogP contribution in [0.15, 0.2) is 29.2 Å². The van der Waals surface area contributed by atoms with Crippen LogP contribution in [0.25, 0.3) is 0 Å². The number of carbonyl (C=O) groups is 1. The molecule has 3 fully saturated rings. The summed E-state index contributed by atoms with van der Waals surface area (Å²) in [5.41, 5.74) is 0.350. The quantitative estimate of drug-likeness (QED) is 0.867. The van der Waals surface area contributed by atoms with Crippen LogP contribution in [0.4, 0.5) is 0 Å². The number of ketones is 1. The van der Waals surface area contributed by atoms with Gasteiger partial charge in [-0.05, 0) is 25.5 Å². The topological polar surface area (TPSA) is 55.8 Å². The zero-order chi connectivity index (χ0) is 15.5. The van der Waals surface area contributed by atoms with Crippen molar-refractivity contribution < 1.29 is 19.4 Å². The second-order valence-electron chi connectivity index (χ2n) is 6.81. The molecule has 5 atom stereocenters. The lowest BCUT2D eigenvalue weighted by molar-refractivity contribution is -0.266. The van der Waals surface area contributed by atoms with Gasteiger partial charge in [-0.1, -0.05) is 18.2 Å². The van der Waals surface area contributed by atoms with Crippen LogP contribution in [0.1, 0.15) is 25.3 Å². The van der Waals surface area contributed by atoms with Crippen LogP contribution < -0.4 is 0 Å². The second kappa shape index (κ2) is 4.81. The first kappa shape index (κ1) is 14.7. The van der Waals surface area contributed by atoms with Gasteiger partial charge in [-0.25, -0.2) is 0 Å². The lowest BCUT2D eigenvalue weighted by Crippen LogP contribution is -2.59. The van der Waals surface area contributed by atoms with Gasteiger partial charge in [0.25, 0.3) is 0 Å². The fourth-order valence-electron chi connectivity index (χ4n) is 3.86. The standard InChI is InChI=1S/C17H20O4S/c1-10-5-3-4-6-14(10)22-9-12-11-7-17(19)16(2,8-13(11)18)20-15(12)21-17/h3-6,11-12,15,19H,7-9H2,1-2H3/t11-,12+,15+,16+,17-/m1/s1. The molecule has 1 aromatic carbocycles. The van der Waals surface area contributed by atoms with E-state index in [1.54, 1.807) is 18.7 Å². The van der Waals surface area contributed by atoms with Gasteiger partial charge >= 0.3 is 0 Å². The van der Waals surface area contributed by atoms with Crippen molar-refractivity contribution in [3.63, 3.8) is 0 Å². The number of thioether (sulfide) groups is 1. The third-order valence-electron chi connectivity index (χ3n) is 5.33. The van der Waals surface area contributed by atoms with Gasteiger partial charge in [-0.15, -0.1) is 11.8 Å². The molecule has 1 aromatic rings. The Morgan fingerprint density at radius 2 is 2.14 bits per heavy atom. The Balaban J connectivity index is 1.56. The highest BCUT2D eigenvalue weighted by Gasteiger charge is 2.69. The molecular formula is C17H20O4S. The maximum atomic E-state index is 12.4. The average molecular weight is 320 g/mol. The number of ether oxygens (including phenoxy) is 2. The number of hydrogen-bond acceptors (Lipinski definition) is 5. The van der Waals surface area contributed by atoms with Crippen LogP contribution in [-0.4, -0.2) is 34.3 Å². The Morgan fingerprint density at radius 1 is 1.36 bits per heavy atom. The smallest absolute Gasteiger partial charge is 0.198 e. The molecule has 4 nitrogen and oxygen atoms in total. The molecule has 1 aliphatic carbocycles. The van der Waals surface area contributed by atoms with Crippen molar-refractivity contribution in [2.24, 2.45) is 11.8 Å². The van der Waals surface area contributed by atoms with Gasteiger partial charge in [0.05, 0.1) is 0 Å². The number of aryl methyl sites for hydroxylation is 1. The van der Waals surface area contributed by atoms with Crippen molar-refractivity contribution in [2.45, 2.75) is 49.3 Å². The monoisotopic (exact) mass is 320 g/mol. The van der Waals surface area contributed by atoms with Crippen LogP contribution in [0.5, 0.6) is 0 Å². The molecule has 0 aromatic heterocycles. The van der Waals surface area contributed by atoms with E-state index < -0.39 is 17.7 Å². The van der Waals surface area contributed by atoms with Crippen molar-refractivity contribution in [3.05, 3.63) is 29.8 Å². The number of benzene rings is 1. The van der Waals surface area contributed by atoms with Gasteiger partial charge < -0.3 is 14.6 Å². The van der Waals surface area contributed by atoms with E-state index in [0.29, 0.717) is 6.42 Å². The molecule has 5 heteroatoms. The Labute approximate surface area is 134 Å². The van der Waals surface area contributed by atoms with Crippen LogP contribution in [0, 0.1) is 18.8 Å². The summed E-state index contributed by atoms with van der Waals surface area (Å²) in [6.45, 7) is 3.88. The van der Waals surface area contributed by atoms with Crippen LogP contribution >= 0.6 is 11.8 Å². The molecule has 118 valence electrons. The van der Waals surface area contributed by atoms with Gasteiger partial charge in [0.1, 0.15) is 11.4 Å². The number of rotatable bonds is 3. The molecule has 3 bridgehead atoms. The summed E-state index contributed by atoms with van der Waals surface area (Å²) in [6, 6.07) is 8.23. The van der Waals surface area contributed by atoms with E-state index in [-0.39, 0.29) is 24.0 Å². The summed E-state index contributed by atoms with van der Waals surface area (Å²) >= 11 is 1.73. The highest BCUT2D eigenvalue weighted by Crippen LogP contribution is 2.56. The number of hydrogen-bond donors (Lipinski definition) is 1. The first-order valence-electron chi connectivity index (χ1n) is 7.71. The molecule has 2 heterocycles. The van der Waals surface area contributed by atoms with Crippen LogP contribution in [-0.2, 0) is 14.3 Å². The van der Waals surface area contributed by atoms with E-state index in [2.05, 4.69) is 19.1 Å². The molecule has 0 radical (unpaired) electrons. The van der Waals surface area contributed by atoms with Gasteiger partial charge in [0.2, 0.25) is 0 Å². The van der Waals surface area contributed by atoms with E-state index in [1.807, 2.05) is 12.1 Å². The summed E-state index contributed by atoms with van der Waals surface area (Å²) in [5.74, 6) is -0.482. The third-order valence-corrected chi connectivity index (χ3v) is 6.65. The SMILES string of the molecule is Cc1ccccc1SC[C@@H]1[C@@H]2O[C@]3(O)C[C@H]1C(=O)C[C@]3(C)O2. The van der Waals surface area contributed by atoms with Crippen molar-refractivity contribution in [1.82, 2.24) is 0 Å². The highest BCUT2D eigenvalue weighted by molar-refractivity contribution is 7.99. The number of aliphatic hydroxyl groups is 1. The Bertz CT molecular complexity index is 633. The van der Waals surface area contributed by atoms with Crippen molar-refractivity contribution in [1.29, 1.82) is 0 Å². The molecule has 22 heavy (non-hydrogen) atoms. The van der Waals surface area contributed by atoms with E-state index in [9.17, 15) is 9.90 Å². The zero-order valence-electron chi connectivity index (χ0n) is 12.7. The third kappa shape index (κ3) is 1.99. The molecule has 2 saturated heterocycles. The largest absolute Gasteiger partial charge is 0.363 e. The number of carbonyl (C=O) groups excluding carboxylic acids is 1. The molecule has 1 saturated carbocycles. The van der Waals surface area contributed by atoms with E-state index in [4.69, 9.17) is 9.47 Å². The predicted molar refractivity (Wildman–Crippen MR) is 82.4 cm³/mol. The first-order chi connectivity index (χ1) is 10.4. The Kier molecular flexibility index (Phi) is 3.21. The van der Waals surface area contributed by atoms with Gasteiger partial charge in [-0.2, -0.15) is 0 Å². The molecule has 2 aliphatic heterocycles. The lowest BCUT2D eigenvalue weighted by Gasteiger charge is -2.45. The van der Waals surface area contributed by atoms with Crippen LogP contribution in [0.3, 0.4) is 0 Å². The molecule has 0 unspecified atom stereocenters. The van der Waals surface area contributed by atoms with Crippen molar-refractivity contribution in [2.75, 3.05) is 5.75 Å². The Hall–Kier alpha value is -0.880. The highest BCUT2D eigenvalue weighted by atomic mass is 32.2. The van der Waals surface area contributed by atoms with E-state index in [1.165, 1.54) is 10.5 Å². The summed E-state index contributed by atoms with van der Waals surface area (Å²) in [7, 11) is 0. The van der Waals surface area contributed by atoms with Gasteiger partial charge in [-0.3, -0.25) is 4.79 Å². The molecule has 1 N–H and O–H groups in total. The fourth-order valence-corrected chi connectivity index (χ4v) is 5.09. The average Bonchev–Trinajstić information content (AvgIpc) is 2.62. The summed E-state index contributed by atoms with van der Waals surface area (Å²) in [4.78, 5) is 13.6. The minimum absolute atomic E-state index is 0.00158. The first-order valence-corrected chi connectivity index (χ1v) is 8.70. The number of Topliss-reactive ketones (excluding diaryl/α,β-unsaturated/α-hetero) is 1. The molecule has 0 spiro atoms. The van der Waals surface area contributed by atoms with Crippen LogP contribution in [0.2, 0.25) is 0 Å². The van der Waals surface area contributed by atoms with Gasteiger partial charge in [0.15, 0.2) is 12.1 Å². The van der Waals surface area contributed by atoms with E-state index >= 15 is 0 Å². The maximum absolute atomic E-state index is 12.4. The zero-order valence-corrected chi connectivity index (χ0v) is 13.6. The minimum Gasteiger partial charge on any atom is -0.363 e. The van der Waals surface area contributed by atoms with Crippen molar-refractivity contribution >= 4 is 17.5 Å². The second-order valence-corrected chi connectivity index (χ2v) is 7.88. The summed E-state index contributed by atoms with van der Waals surface area (Å²) < 4.78 is 11.7. The fraction of sp³-hybridized carbons (Fsp3) is 0.588.